The van der Waals surface area contributed by atoms with Crippen molar-refractivity contribution >= 4 is 11.6 Å². The summed E-state index contributed by atoms with van der Waals surface area (Å²) in [4.78, 5) is 31.8. The summed E-state index contributed by atoms with van der Waals surface area (Å²) in [6.45, 7) is 4.14. The van der Waals surface area contributed by atoms with Gasteiger partial charge >= 0.3 is 0 Å². The van der Waals surface area contributed by atoms with E-state index in [1.54, 1.807) is 17.0 Å². The highest BCUT2D eigenvalue weighted by molar-refractivity contribution is 5.98. The smallest absolute Gasteiger partial charge is 0.282 e. The van der Waals surface area contributed by atoms with Crippen molar-refractivity contribution in [1.82, 2.24) is 19.9 Å². The van der Waals surface area contributed by atoms with Crippen molar-refractivity contribution in [3.05, 3.63) is 76.2 Å². The molecular weight excluding hydrogens is 386 g/mol. The third-order valence-corrected chi connectivity index (χ3v) is 5.31. The average molecular weight is 407 g/mol. The molecule has 1 saturated heterocycles. The predicted molar refractivity (Wildman–Crippen MR) is 109 cm³/mol. The normalized spacial score (nSPS) is 15.7. The van der Waals surface area contributed by atoms with Gasteiger partial charge in [-0.1, -0.05) is 47.6 Å². The van der Waals surface area contributed by atoms with Crippen molar-refractivity contribution in [2.24, 2.45) is 0 Å². The number of nitro benzene ring substituents is 1. The standard InChI is InChI=1S/C21H21N5O4/c1-15(20-22-19(23-30-20)16-7-3-2-4-8-16)24-11-13-25(14-12-24)21(27)17-9-5-6-10-18(17)26(28)29/h2-10,15H,11-14H2,1H3. The van der Waals surface area contributed by atoms with E-state index in [1.165, 1.54) is 12.1 Å². The number of para-hydroxylation sites is 1. The maximum atomic E-state index is 12.8. The first-order valence-corrected chi connectivity index (χ1v) is 9.70. The summed E-state index contributed by atoms with van der Waals surface area (Å²) >= 11 is 0. The Morgan fingerprint density at radius 1 is 1.07 bits per heavy atom. The van der Waals surface area contributed by atoms with Gasteiger partial charge in [0.2, 0.25) is 11.7 Å². The SMILES string of the molecule is CC(c1nc(-c2ccccc2)no1)N1CCN(C(=O)c2ccccc2[N+](=O)[O-])CC1. The highest BCUT2D eigenvalue weighted by Gasteiger charge is 2.30. The number of carbonyl (C=O) groups excluding carboxylic acids is 1. The quantitative estimate of drug-likeness (QED) is 0.472. The van der Waals surface area contributed by atoms with E-state index in [4.69, 9.17) is 4.52 Å². The molecule has 0 bridgehead atoms. The molecule has 1 fully saturated rings. The van der Waals surface area contributed by atoms with Crippen molar-refractivity contribution in [3.63, 3.8) is 0 Å². The fourth-order valence-corrected chi connectivity index (χ4v) is 3.56. The second kappa shape index (κ2) is 8.42. The molecule has 0 spiro atoms. The number of nitro groups is 1. The number of hydrogen-bond donors (Lipinski definition) is 0. The largest absolute Gasteiger partial charge is 0.337 e. The minimum atomic E-state index is -0.522. The van der Waals surface area contributed by atoms with Gasteiger partial charge in [-0.25, -0.2) is 0 Å². The molecule has 1 atom stereocenters. The molecule has 3 aromatic rings. The lowest BCUT2D eigenvalue weighted by atomic mass is 10.1. The van der Waals surface area contributed by atoms with Crippen molar-refractivity contribution in [2.75, 3.05) is 26.2 Å². The van der Waals surface area contributed by atoms with Gasteiger partial charge in [0.1, 0.15) is 5.56 Å². The Labute approximate surface area is 173 Å². The lowest BCUT2D eigenvalue weighted by Gasteiger charge is -2.36. The molecule has 4 rings (SSSR count). The van der Waals surface area contributed by atoms with Crippen LogP contribution in [0, 0.1) is 10.1 Å². The number of piperazine rings is 1. The van der Waals surface area contributed by atoms with E-state index in [9.17, 15) is 14.9 Å². The first-order chi connectivity index (χ1) is 14.5. The molecule has 1 aromatic heterocycles. The van der Waals surface area contributed by atoms with Crippen LogP contribution in [0.3, 0.4) is 0 Å². The summed E-state index contributed by atoms with van der Waals surface area (Å²) < 4.78 is 5.46. The second-order valence-corrected chi connectivity index (χ2v) is 7.10. The number of rotatable bonds is 5. The van der Waals surface area contributed by atoms with Crippen LogP contribution in [0.25, 0.3) is 11.4 Å². The molecule has 30 heavy (non-hydrogen) atoms. The molecular formula is C21H21N5O4. The highest BCUT2D eigenvalue weighted by Crippen LogP contribution is 2.25. The molecule has 1 amide bonds. The first kappa shape index (κ1) is 19.7. The van der Waals surface area contributed by atoms with Crippen LogP contribution in [0.1, 0.15) is 29.2 Å². The Morgan fingerprint density at radius 3 is 2.43 bits per heavy atom. The Bertz CT molecular complexity index is 1040. The lowest BCUT2D eigenvalue weighted by Crippen LogP contribution is -2.49. The van der Waals surface area contributed by atoms with Crippen LogP contribution < -0.4 is 0 Å². The molecule has 2 heterocycles. The van der Waals surface area contributed by atoms with E-state index < -0.39 is 4.92 Å². The molecule has 0 aliphatic carbocycles. The zero-order valence-corrected chi connectivity index (χ0v) is 16.5. The Kier molecular flexibility index (Phi) is 5.53. The molecule has 0 radical (unpaired) electrons. The third-order valence-electron chi connectivity index (χ3n) is 5.31. The van der Waals surface area contributed by atoms with E-state index in [-0.39, 0.29) is 23.2 Å². The fourth-order valence-electron chi connectivity index (χ4n) is 3.56. The summed E-state index contributed by atoms with van der Waals surface area (Å²) in [6, 6.07) is 15.6. The van der Waals surface area contributed by atoms with Crippen LogP contribution in [0.15, 0.2) is 59.1 Å². The van der Waals surface area contributed by atoms with Gasteiger partial charge in [0, 0.05) is 37.8 Å². The van der Waals surface area contributed by atoms with Crippen LogP contribution in [-0.2, 0) is 0 Å². The summed E-state index contributed by atoms with van der Waals surface area (Å²) in [5, 5.41) is 15.3. The zero-order chi connectivity index (χ0) is 21.1. The van der Waals surface area contributed by atoms with Crippen molar-refractivity contribution < 1.29 is 14.2 Å². The van der Waals surface area contributed by atoms with E-state index in [1.807, 2.05) is 37.3 Å². The Hall–Kier alpha value is -3.59. The van der Waals surface area contributed by atoms with E-state index in [0.29, 0.717) is 37.9 Å². The van der Waals surface area contributed by atoms with Gasteiger partial charge < -0.3 is 9.42 Å². The summed E-state index contributed by atoms with van der Waals surface area (Å²) in [6.07, 6.45) is 0. The fraction of sp³-hybridized carbons (Fsp3) is 0.286. The minimum Gasteiger partial charge on any atom is -0.337 e. The highest BCUT2D eigenvalue weighted by atomic mass is 16.6. The van der Waals surface area contributed by atoms with Gasteiger partial charge in [0.05, 0.1) is 11.0 Å². The van der Waals surface area contributed by atoms with Gasteiger partial charge in [-0.05, 0) is 13.0 Å². The number of nitrogens with zero attached hydrogens (tertiary/aromatic N) is 5. The molecule has 1 aliphatic heterocycles. The predicted octanol–water partition coefficient (Wildman–Crippen LogP) is 3.16. The number of carbonyl (C=O) groups is 1. The van der Waals surface area contributed by atoms with Gasteiger partial charge in [-0.3, -0.25) is 19.8 Å². The van der Waals surface area contributed by atoms with Crippen molar-refractivity contribution in [3.8, 4) is 11.4 Å². The third kappa shape index (κ3) is 3.92. The topological polar surface area (TPSA) is 106 Å². The van der Waals surface area contributed by atoms with E-state index in [2.05, 4.69) is 15.0 Å². The number of benzene rings is 2. The molecule has 0 N–H and O–H groups in total. The summed E-state index contributed by atoms with van der Waals surface area (Å²) in [7, 11) is 0. The van der Waals surface area contributed by atoms with Crippen LogP contribution in [0.4, 0.5) is 5.69 Å². The van der Waals surface area contributed by atoms with Gasteiger partial charge in [0.25, 0.3) is 11.6 Å². The monoisotopic (exact) mass is 407 g/mol. The van der Waals surface area contributed by atoms with E-state index >= 15 is 0 Å². The average Bonchev–Trinajstić information content (AvgIpc) is 3.29. The van der Waals surface area contributed by atoms with Gasteiger partial charge in [-0.15, -0.1) is 0 Å². The summed E-state index contributed by atoms with van der Waals surface area (Å²) in [5.74, 6) is 0.744. The molecule has 1 unspecified atom stereocenters. The Morgan fingerprint density at radius 2 is 1.73 bits per heavy atom. The molecule has 0 saturated carbocycles. The maximum Gasteiger partial charge on any atom is 0.282 e. The lowest BCUT2D eigenvalue weighted by molar-refractivity contribution is -0.385. The minimum absolute atomic E-state index is 0.0988. The number of hydrogen-bond acceptors (Lipinski definition) is 7. The van der Waals surface area contributed by atoms with Crippen LogP contribution in [0.5, 0.6) is 0 Å². The number of amides is 1. The zero-order valence-electron chi connectivity index (χ0n) is 16.5. The molecule has 9 heteroatoms. The van der Waals surface area contributed by atoms with Gasteiger partial charge in [0.15, 0.2) is 0 Å². The van der Waals surface area contributed by atoms with Crippen molar-refractivity contribution in [2.45, 2.75) is 13.0 Å². The van der Waals surface area contributed by atoms with Crippen LogP contribution in [0.2, 0.25) is 0 Å². The molecule has 2 aromatic carbocycles. The molecule has 9 nitrogen and oxygen atoms in total. The van der Waals surface area contributed by atoms with Gasteiger partial charge in [-0.2, -0.15) is 4.98 Å². The van der Waals surface area contributed by atoms with Crippen LogP contribution >= 0.6 is 0 Å². The molecule has 1 aliphatic rings. The molecule has 154 valence electrons. The number of aromatic nitrogens is 2. The summed E-state index contributed by atoms with van der Waals surface area (Å²) in [5.41, 5.74) is 0.838. The second-order valence-electron chi connectivity index (χ2n) is 7.10. The van der Waals surface area contributed by atoms with Crippen LogP contribution in [-0.4, -0.2) is 56.9 Å². The van der Waals surface area contributed by atoms with E-state index in [0.717, 1.165) is 5.56 Å². The first-order valence-electron chi connectivity index (χ1n) is 9.70. The Balaban J connectivity index is 1.41. The van der Waals surface area contributed by atoms with Crippen molar-refractivity contribution in [1.29, 1.82) is 0 Å². The maximum absolute atomic E-state index is 12.8.